The maximum Gasteiger partial charge on any atom is 0.130 e. The zero-order valence-corrected chi connectivity index (χ0v) is 9.94. The molecule has 3 heteroatoms. The number of hydrogen-bond donors (Lipinski definition) is 1. The van der Waals surface area contributed by atoms with E-state index < -0.39 is 0 Å². The van der Waals surface area contributed by atoms with Crippen LogP contribution < -0.4 is 0 Å². The number of aryl methyl sites for hydroxylation is 1. The van der Waals surface area contributed by atoms with Gasteiger partial charge in [-0.05, 0) is 40.0 Å². The molecule has 1 aromatic rings. The summed E-state index contributed by atoms with van der Waals surface area (Å²) in [6.07, 6.45) is 2.07. The van der Waals surface area contributed by atoms with Crippen molar-refractivity contribution in [1.82, 2.24) is 0 Å². The van der Waals surface area contributed by atoms with Gasteiger partial charge in [0, 0.05) is 4.47 Å². The number of halogens is 2. The summed E-state index contributed by atoms with van der Waals surface area (Å²) in [5.74, 6) is 0.307. The number of aromatic hydroxyl groups is 1. The fourth-order valence-corrected chi connectivity index (χ4v) is 2.23. The van der Waals surface area contributed by atoms with Crippen LogP contribution in [0.1, 0.15) is 18.9 Å². The first-order chi connectivity index (χ1) is 5.65. The standard InChI is InChI=1S/C9H10Br2O/c1-2-3-6-4-9(12)8(11)5-7(6)10/h4-5,12H,2-3H2,1H3. The molecule has 0 saturated carbocycles. The summed E-state index contributed by atoms with van der Waals surface area (Å²) in [6, 6.07) is 3.66. The van der Waals surface area contributed by atoms with Gasteiger partial charge in [0.05, 0.1) is 4.47 Å². The van der Waals surface area contributed by atoms with Crippen LogP contribution >= 0.6 is 31.9 Å². The van der Waals surface area contributed by atoms with E-state index in [4.69, 9.17) is 0 Å². The van der Waals surface area contributed by atoms with Gasteiger partial charge in [-0.1, -0.05) is 29.3 Å². The first-order valence-electron chi connectivity index (χ1n) is 3.82. The predicted octanol–water partition coefficient (Wildman–Crippen LogP) is 3.87. The Morgan fingerprint density at radius 2 is 1.92 bits per heavy atom. The van der Waals surface area contributed by atoms with E-state index in [1.165, 1.54) is 0 Å². The number of phenols is 1. The minimum atomic E-state index is 0.307. The number of benzene rings is 1. The average Bonchev–Trinajstić information content (AvgIpc) is 2.01. The topological polar surface area (TPSA) is 20.2 Å². The van der Waals surface area contributed by atoms with Crippen molar-refractivity contribution < 1.29 is 5.11 Å². The van der Waals surface area contributed by atoms with Gasteiger partial charge in [-0.25, -0.2) is 0 Å². The molecular formula is C9H10Br2O. The Labute approximate surface area is 89.1 Å². The summed E-state index contributed by atoms with van der Waals surface area (Å²) in [5, 5.41) is 9.38. The van der Waals surface area contributed by atoms with Crippen molar-refractivity contribution in [3.05, 3.63) is 26.6 Å². The molecule has 0 aliphatic rings. The lowest BCUT2D eigenvalue weighted by Crippen LogP contribution is -1.85. The minimum absolute atomic E-state index is 0.307. The predicted molar refractivity (Wildman–Crippen MR) is 57.5 cm³/mol. The van der Waals surface area contributed by atoms with Gasteiger partial charge < -0.3 is 5.11 Å². The molecule has 1 N–H and O–H groups in total. The van der Waals surface area contributed by atoms with Crippen molar-refractivity contribution in [2.45, 2.75) is 19.8 Å². The molecule has 1 aromatic carbocycles. The minimum Gasteiger partial charge on any atom is -0.507 e. The quantitative estimate of drug-likeness (QED) is 0.878. The fraction of sp³-hybridized carbons (Fsp3) is 0.333. The van der Waals surface area contributed by atoms with Crippen LogP contribution in [-0.2, 0) is 6.42 Å². The van der Waals surface area contributed by atoms with Crippen LogP contribution in [0.5, 0.6) is 5.75 Å². The Kier molecular flexibility index (Phi) is 3.59. The maximum absolute atomic E-state index is 9.38. The van der Waals surface area contributed by atoms with Crippen molar-refractivity contribution in [2.24, 2.45) is 0 Å². The van der Waals surface area contributed by atoms with Crippen LogP contribution in [0.2, 0.25) is 0 Å². The lowest BCUT2D eigenvalue weighted by atomic mass is 10.1. The van der Waals surface area contributed by atoms with Crippen molar-refractivity contribution >= 4 is 31.9 Å². The molecule has 12 heavy (non-hydrogen) atoms. The molecule has 66 valence electrons. The molecule has 1 nitrogen and oxygen atoms in total. The van der Waals surface area contributed by atoms with Crippen molar-refractivity contribution in [1.29, 1.82) is 0 Å². The van der Waals surface area contributed by atoms with Crippen molar-refractivity contribution in [2.75, 3.05) is 0 Å². The van der Waals surface area contributed by atoms with E-state index in [9.17, 15) is 5.11 Å². The normalized spacial score (nSPS) is 10.2. The Morgan fingerprint density at radius 1 is 1.25 bits per heavy atom. The highest BCUT2D eigenvalue weighted by Gasteiger charge is 2.04. The Morgan fingerprint density at radius 3 is 2.50 bits per heavy atom. The molecule has 0 aliphatic carbocycles. The number of rotatable bonds is 2. The second-order valence-electron chi connectivity index (χ2n) is 2.65. The SMILES string of the molecule is CCCc1cc(O)c(Br)cc1Br. The highest BCUT2D eigenvalue weighted by atomic mass is 79.9. The summed E-state index contributed by atoms with van der Waals surface area (Å²) in [6.45, 7) is 2.12. The van der Waals surface area contributed by atoms with E-state index >= 15 is 0 Å². The molecule has 0 amide bonds. The molecule has 0 bridgehead atoms. The highest BCUT2D eigenvalue weighted by Crippen LogP contribution is 2.31. The van der Waals surface area contributed by atoms with Crippen molar-refractivity contribution in [3.63, 3.8) is 0 Å². The van der Waals surface area contributed by atoms with Gasteiger partial charge in [-0.3, -0.25) is 0 Å². The lowest BCUT2D eigenvalue weighted by Gasteiger charge is -2.04. The molecule has 0 unspecified atom stereocenters. The fourth-order valence-electron chi connectivity index (χ4n) is 1.04. The summed E-state index contributed by atoms with van der Waals surface area (Å²) in [4.78, 5) is 0. The molecule has 0 heterocycles. The molecule has 0 saturated heterocycles. The van der Waals surface area contributed by atoms with Gasteiger partial charge in [0.25, 0.3) is 0 Å². The smallest absolute Gasteiger partial charge is 0.130 e. The van der Waals surface area contributed by atoms with Gasteiger partial charge in [0.2, 0.25) is 0 Å². The van der Waals surface area contributed by atoms with E-state index in [-0.39, 0.29) is 0 Å². The number of hydrogen-bond acceptors (Lipinski definition) is 1. The molecule has 0 aliphatic heterocycles. The molecule has 0 aromatic heterocycles. The Balaban J connectivity index is 3.05. The largest absolute Gasteiger partial charge is 0.507 e. The second kappa shape index (κ2) is 4.28. The van der Waals surface area contributed by atoms with E-state index in [0.29, 0.717) is 5.75 Å². The van der Waals surface area contributed by atoms with E-state index in [2.05, 4.69) is 38.8 Å². The third kappa shape index (κ3) is 2.23. The van der Waals surface area contributed by atoms with Gasteiger partial charge in [-0.2, -0.15) is 0 Å². The van der Waals surface area contributed by atoms with Crippen molar-refractivity contribution in [3.8, 4) is 5.75 Å². The van der Waals surface area contributed by atoms with Gasteiger partial charge in [-0.15, -0.1) is 0 Å². The number of phenolic OH excluding ortho intramolecular Hbond substituents is 1. The molecule has 0 atom stereocenters. The van der Waals surface area contributed by atoms with E-state index in [0.717, 1.165) is 27.4 Å². The molecule has 0 spiro atoms. The second-order valence-corrected chi connectivity index (χ2v) is 4.35. The monoisotopic (exact) mass is 292 g/mol. The summed E-state index contributed by atoms with van der Waals surface area (Å²) in [7, 11) is 0. The first kappa shape index (κ1) is 10.1. The van der Waals surface area contributed by atoms with Gasteiger partial charge in [0.15, 0.2) is 0 Å². The van der Waals surface area contributed by atoms with Gasteiger partial charge >= 0.3 is 0 Å². The third-order valence-corrected chi connectivity index (χ3v) is 3.01. The molecular weight excluding hydrogens is 284 g/mol. The third-order valence-electron chi connectivity index (χ3n) is 1.64. The van der Waals surface area contributed by atoms with Crippen LogP contribution in [0, 0.1) is 0 Å². The summed E-state index contributed by atoms with van der Waals surface area (Å²) < 4.78 is 1.78. The van der Waals surface area contributed by atoms with Crippen LogP contribution in [-0.4, -0.2) is 5.11 Å². The Hall–Kier alpha value is -0.0200. The zero-order chi connectivity index (χ0) is 9.14. The zero-order valence-electron chi connectivity index (χ0n) is 6.77. The summed E-state index contributed by atoms with van der Waals surface area (Å²) >= 11 is 6.69. The van der Waals surface area contributed by atoms with Gasteiger partial charge in [0.1, 0.15) is 5.75 Å². The van der Waals surface area contributed by atoms with Crippen LogP contribution in [0.3, 0.4) is 0 Å². The molecule has 1 rings (SSSR count). The Bertz CT molecular complexity index is 284. The summed E-state index contributed by atoms with van der Waals surface area (Å²) in [5.41, 5.74) is 1.15. The molecule has 0 fully saturated rings. The van der Waals surface area contributed by atoms with Crippen LogP contribution in [0.15, 0.2) is 21.1 Å². The van der Waals surface area contributed by atoms with Crippen LogP contribution in [0.4, 0.5) is 0 Å². The van der Waals surface area contributed by atoms with E-state index in [1.54, 1.807) is 6.07 Å². The maximum atomic E-state index is 9.38. The van der Waals surface area contributed by atoms with E-state index in [1.807, 2.05) is 6.07 Å². The lowest BCUT2D eigenvalue weighted by molar-refractivity contribution is 0.471. The van der Waals surface area contributed by atoms with Crippen LogP contribution in [0.25, 0.3) is 0 Å². The highest BCUT2D eigenvalue weighted by molar-refractivity contribution is 9.11. The molecule has 0 radical (unpaired) electrons. The first-order valence-corrected chi connectivity index (χ1v) is 5.40. The average molecular weight is 294 g/mol.